The van der Waals surface area contributed by atoms with Gasteiger partial charge < -0.3 is 10.4 Å². The number of carbonyl (C=O) groups excluding carboxylic acids is 1. The normalized spacial score (nSPS) is 11.9. The first-order valence-corrected chi connectivity index (χ1v) is 7.60. The summed E-state index contributed by atoms with van der Waals surface area (Å²) in [7, 11) is 0. The summed E-state index contributed by atoms with van der Waals surface area (Å²) in [6.45, 7) is 3.78. The van der Waals surface area contributed by atoms with Gasteiger partial charge in [0.2, 0.25) is 0 Å². The van der Waals surface area contributed by atoms with Gasteiger partial charge in [-0.2, -0.15) is 5.10 Å². The van der Waals surface area contributed by atoms with Crippen molar-refractivity contribution in [1.82, 2.24) is 20.1 Å². The van der Waals surface area contributed by atoms with Gasteiger partial charge >= 0.3 is 0 Å². The van der Waals surface area contributed by atoms with Crippen molar-refractivity contribution < 1.29 is 9.90 Å². The van der Waals surface area contributed by atoms with E-state index < -0.39 is 0 Å². The molecule has 0 radical (unpaired) electrons. The first-order chi connectivity index (χ1) is 11.5. The number of benzene rings is 2. The van der Waals surface area contributed by atoms with Crippen LogP contribution in [0, 0.1) is 6.92 Å². The van der Waals surface area contributed by atoms with Crippen molar-refractivity contribution in [2.24, 2.45) is 0 Å². The zero-order valence-electron chi connectivity index (χ0n) is 13.5. The Bertz CT molecular complexity index is 842. The average Bonchev–Trinajstić information content (AvgIpc) is 3.11. The fourth-order valence-electron chi connectivity index (χ4n) is 2.45. The topological polar surface area (TPSA) is 80.0 Å². The van der Waals surface area contributed by atoms with Gasteiger partial charge in [0.1, 0.15) is 18.4 Å². The predicted octanol–water partition coefficient (Wildman–Crippen LogP) is 2.77. The minimum Gasteiger partial charge on any atom is -0.507 e. The Hall–Kier alpha value is -3.15. The third-order valence-electron chi connectivity index (χ3n) is 3.82. The lowest BCUT2D eigenvalue weighted by atomic mass is 10.1. The van der Waals surface area contributed by atoms with Crippen molar-refractivity contribution in [3.8, 4) is 11.4 Å². The van der Waals surface area contributed by atoms with Crippen LogP contribution in [0.25, 0.3) is 5.69 Å². The van der Waals surface area contributed by atoms with Gasteiger partial charge in [-0.25, -0.2) is 9.67 Å². The molecule has 0 aliphatic carbocycles. The standard InChI is InChI=1S/C18H18N4O2/c1-12-3-8-17(23)16(9-12)18(24)21-13(2)14-4-6-15(7-5-14)22-11-19-10-20-22/h3-11,13,23H,1-2H3,(H,21,24). The molecular formula is C18H18N4O2. The van der Waals surface area contributed by atoms with Crippen LogP contribution in [-0.4, -0.2) is 25.8 Å². The van der Waals surface area contributed by atoms with E-state index in [1.54, 1.807) is 23.1 Å². The molecule has 1 atom stereocenters. The second kappa shape index (κ2) is 6.54. The molecule has 2 N–H and O–H groups in total. The lowest BCUT2D eigenvalue weighted by Gasteiger charge is -2.15. The number of phenols is 1. The fourth-order valence-corrected chi connectivity index (χ4v) is 2.45. The molecule has 0 aliphatic heterocycles. The minimum absolute atomic E-state index is 0.0215. The maximum absolute atomic E-state index is 12.4. The molecular weight excluding hydrogens is 304 g/mol. The number of amides is 1. The lowest BCUT2D eigenvalue weighted by molar-refractivity contribution is 0.0937. The number of phenolic OH excluding ortho intramolecular Hbond substituents is 1. The van der Waals surface area contributed by atoms with Crippen molar-refractivity contribution in [2.75, 3.05) is 0 Å². The minimum atomic E-state index is -0.302. The number of rotatable bonds is 4. The number of carbonyl (C=O) groups is 1. The molecule has 1 amide bonds. The second-order valence-electron chi connectivity index (χ2n) is 5.65. The predicted molar refractivity (Wildman–Crippen MR) is 90.1 cm³/mol. The highest BCUT2D eigenvalue weighted by atomic mass is 16.3. The zero-order chi connectivity index (χ0) is 17.1. The van der Waals surface area contributed by atoms with Crippen molar-refractivity contribution in [1.29, 1.82) is 0 Å². The number of hydrogen-bond acceptors (Lipinski definition) is 4. The van der Waals surface area contributed by atoms with Gasteiger partial charge in [-0.15, -0.1) is 0 Å². The van der Waals surface area contributed by atoms with Gasteiger partial charge in [0, 0.05) is 0 Å². The van der Waals surface area contributed by atoms with Gasteiger partial charge in [-0.05, 0) is 43.7 Å². The van der Waals surface area contributed by atoms with Gasteiger partial charge in [-0.1, -0.05) is 23.8 Å². The van der Waals surface area contributed by atoms with Crippen LogP contribution in [0.15, 0.2) is 55.1 Å². The molecule has 3 rings (SSSR count). The summed E-state index contributed by atoms with van der Waals surface area (Å²) < 4.78 is 1.66. The van der Waals surface area contributed by atoms with E-state index in [0.29, 0.717) is 0 Å². The van der Waals surface area contributed by atoms with Crippen molar-refractivity contribution in [2.45, 2.75) is 19.9 Å². The maximum atomic E-state index is 12.4. The zero-order valence-corrected chi connectivity index (χ0v) is 13.5. The number of aromatic hydroxyl groups is 1. The number of nitrogens with one attached hydrogen (secondary N) is 1. The van der Waals surface area contributed by atoms with E-state index in [0.717, 1.165) is 16.8 Å². The van der Waals surface area contributed by atoms with Crippen LogP contribution in [0.2, 0.25) is 0 Å². The highest BCUT2D eigenvalue weighted by Crippen LogP contribution is 2.20. The molecule has 0 spiro atoms. The van der Waals surface area contributed by atoms with E-state index >= 15 is 0 Å². The van der Waals surface area contributed by atoms with E-state index in [4.69, 9.17) is 0 Å². The summed E-state index contributed by atoms with van der Waals surface area (Å²) in [6.07, 6.45) is 3.10. The maximum Gasteiger partial charge on any atom is 0.255 e. The van der Waals surface area contributed by atoms with E-state index in [1.165, 1.54) is 12.4 Å². The molecule has 0 aliphatic rings. The molecule has 6 nitrogen and oxygen atoms in total. The quantitative estimate of drug-likeness (QED) is 0.774. The van der Waals surface area contributed by atoms with Crippen LogP contribution >= 0.6 is 0 Å². The molecule has 0 fully saturated rings. The number of aryl methyl sites for hydroxylation is 1. The van der Waals surface area contributed by atoms with Crippen LogP contribution in [0.5, 0.6) is 5.75 Å². The Labute approximate surface area is 139 Å². The second-order valence-corrected chi connectivity index (χ2v) is 5.65. The van der Waals surface area contributed by atoms with Crippen LogP contribution in [0.4, 0.5) is 0 Å². The molecule has 6 heteroatoms. The summed E-state index contributed by atoms with van der Waals surface area (Å²) in [4.78, 5) is 16.3. The number of nitrogens with zero attached hydrogens (tertiary/aromatic N) is 3. The summed E-state index contributed by atoms with van der Waals surface area (Å²) >= 11 is 0. The molecule has 122 valence electrons. The van der Waals surface area contributed by atoms with Crippen LogP contribution in [0.1, 0.15) is 34.5 Å². The third-order valence-corrected chi connectivity index (χ3v) is 3.82. The largest absolute Gasteiger partial charge is 0.507 e. The summed E-state index contributed by atoms with van der Waals surface area (Å²) in [5, 5.41) is 16.8. The van der Waals surface area contributed by atoms with Crippen molar-refractivity contribution >= 4 is 5.91 Å². The third kappa shape index (κ3) is 3.27. The number of aromatic nitrogens is 3. The van der Waals surface area contributed by atoms with Gasteiger partial charge in [0.25, 0.3) is 5.91 Å². The smallest absolute Gasteiger partial charge is 0.255 e. The van der Waals surface area contributed by atoms with Crippen LogP contribution in [0.3, 0.4) is 0 Å². The van der Waals surface area contributed by atoms with Crippen LogP contribution in [-0.2, 0) is 0 Å². The lowest BCUT2D eigenvalue weighted by Crippen LogP contribution is -2.26. The van der Waals surface area contributed by atoms with Crippen molar-refractivity contribution in [3.05, 3.63) is 71.8 Å². The Morgan fingerprint density at radius 1 is 1.21 bits per heavy atom. The Morgan fingerprint density at radius 2 is 1.96 bits per heavy atom. The van der Waals surface area contributed by atoms with Gasteiger partial charge in [0.05, 0.1) is 17.3 Å². The van der Waals surface area contributed by atoms with E-state index in [1.807, 2.05) is 38.1 Å². The molecule has 3 aromatic rings. The average molecular weight is 322 g/mol. The molecule has 0 bridgehead atoms. The summed E-state index contributed by atoms with van der Waals surface area (Å²) in [5.41, 5.74) is 3.05. The summed E-state index contributed by atoms with van der Waals surface area (Å²) in [5.74, 6) is -0.323. The van der Waals surface area contributed by atoms with E-state index in [9.17, 15) is 9.90 Å². The molecule has 1 aromatic heterocycles. The fraction of sp³-hybridized carbons (Fsp3) is 0.167. The first kappa shape index (κ1) is 15.7. The van der Waals surface area contributed by atoms with Gasteiger partial charge in [0.15, 0.2) is 0 Å². The molecule has 0 saturated heterocycles. The van der Waals surface area contributed by atoms with E-state index in [2.05, 4.69) is 15.4 Å². The molecule has 0 saturated carbocycles. The Balaban J connectivity index is 1.73. The molecule has 24 heavy (non-hydrogen) atoms. The summed E-state index contributed by atoms with van der Waals surface area (Å²) in [6, 6.07) is 12.5. The van der Waals surface area contributed by atoms with Crippen LogP contribution < -0.4 is 5.32 Å². The molecule has 2 aromatic carbocycles. The molecule has 1 unspecified atom stereocenters. The monoisotopic (exact) mass is 322 g/mol. The highest BCUT2D eigenvalue weighted by Gasteiger charge is 2.15. The Morgan fingerprint density at radius 3 is 2.62 bits per heavy atom. The van der Waals surface area contributed by atoms with E-state index in [-0.39, 0.29) is 23.3 Å². The highest BCUT2D eigenvalue weighted by molar-refractivity contribution is 5.97. The number of hydrogen-bond donors (Lipinski definition) is 2. The Kier molecular flexibility index (Phi) is 4.29. The SMILES string of the molecule is Cc1ccc(O)c(C(=O)NC(C)c2ccc(-n3cncn3)cc2)c1. The molecule has 1 heterocycles. The first-order valence-electron chi connectivity index (χ1n) is 7.60. The van der Waals surface area contributed by atoms with Crippen molar-refractivity contribution in [3.63, 3.8) is 0 Å². The van der Waals surface area contributed by atoms with Gasteiger partial charge in [-0.3, -0.25) is 4.79 Å².